The van der Waals surface area contributed by atoms with Crippen molar-refractivity contribution in [3.63, 3.8) is 0 Å². The summed E-state index contributed by atoms with van der Waals surface area (Å²) < 4.78 is 39.4. The van der Waals surface area contributed by atoms with Gasteiger partial charge in [-0.25, -0.2) is 13.2 Å². The number of carbonyl (C=O) groups is 1. The number of nitrogens with two attached hydrogens (primary N) is 1. The first-order valence-electron chi connectivity index (χ1n) is 6.39. The molecule has 1 amide bonds. The minimum absolute atomic E-state index is 0.114. The van der Waals surface area contributed by atoms with E-state index >= 15 is 0 Å². The van der Waals surface area contributed by atoms with E-state index in [1.165, 1.54) is 0 Å². The molecule has 20 heavy (non-hydrogen) atoms. The first-order chi connectivity index (χ1) is 9.25. The van der Waals surface area contributed by atoms with Crippen molar-refractivity contribution in [1.82, 2.24) is 0 Å². The number of anilines is 1. The molecule has 0 aliphatic heterocycles. The second-order valence-corrected chi connectivity index (χ2v) is 5.50. The lowest BCUT2D eigenvalue weighted by molar-refractivity contribution is -0.116. The molecule has 0 aliphatic rings. The van der Waals surface area contributed by atoms with Crippen LogP contribution < -0.4 is 11.1 Å². The van der Waals surface area contributed by atoms with Crippen LogP contribution in [0.25, 0.3) is 0 Å². The molecule has 0 saturated carbocycles. The summed E-state index contributed by atoms with van der Waals surface area (Å²) in [5.74, 6) is -3.80. The van der Waals surface area contributed by atoms with Crippen LogP contribution in [-0.4, -0.2) is 12.5 Å². The number of amides is 1. The summed E-state index contributed by atoms with van der Waals surface area (Å²) >= 11 is 0. The fourth-order valence-electron chi connectivity index (χ4n) is 1.83. The normalized spacial score (nSPS) is 11.5. The highest BCUT2D eigenvalue weighted by Crippen LogP contribution is 2.26. The lowest BCUT2D eigenvalue weighted by atomic mass is 9.84. The Balaban J connectivity index is 2.64. The molecule has 0 atom stereocenters. The van der Waals surface area contributed by atoms with E-state index in [1.807, 2.05) is 13.8 Å². The van der Waals surface area contributed by atoms with E-state index in [1.54, 1.807) is 0 Å². The summed E-state index contributed by atoms with van der Waals surface area (Å²) in [7, 11) is 0. The van der Waals surface area contributed by atoms with Gasteiger partial charge in [-0.2, -0.15) is 0 Å². The van der Waals surface area contributed by atoms with Gasteiger partial charge in [-0.05, 0) is 24.8 Å². The zero-order valence-electron chi connectivity index (χ0n) is 11.6. The topological polar surface area (TPSA) is 55.1 Å². The molecule has 0 heterocycles. The number of rotatable bonds is 6. The maximum Gasteiger partial charge on any atom is 0.224 e. The van der Waals surface area contributed by atoms with E-state index in [-0.39, 0.29) is 11.8 Å². The van der Waals surface area contributed by atoms with Gasteiger partial charge in [-0.3, -0.25) is 4.79 Å². The van der Waals surface area contributed by atoms with Gasteiger partial charge in [0.1, 0.15) is 11.5 Å². The fraction of sp³-hybridized carbons (Fsp3) is 0.500. The molecule has 1 rings (SSSR count). The van der Waals surface area contributed by atoms with E-state index in [9.17, 15) is 18.0 Å². The van der Waals surface area contributed by atoms with Crippen LogP contribution in [0.4, 0.5) is 18.9 Å². The average molecular weight is 288 g/mol. The van der Waals surface area contributed by atoms with E-state index < -0.39 is 29.0 Å². The summed E-state index contributed by atoms with van der Waals surface area (Å²) in [5.41, 5.74) is 4.73. The van der Waals surface area contributed by atoms with Crippen molar-refractivity contribution in [3.05, 3.63) is 29.6 Å². The van der Waals surface area contributed by atoms with Gasteiger partial charge in [-0.15, -0.1) is 0 Å². The predicted molar refractivity (Wildman–Crippen MR) is 71.6 cm³/mol. The summed E-state index contributed by atoms with van der Waals surface area (Å²) in [6, 6.07) is 1.05. The van der Waals surface area contributed by atoms with Crippen LogP contribution >= 0.6 is 0 Å². The van der Waals surface area contributed by atoms with Crippen LogP contribution in [0, 0.1) is 22.9 Å². The molecular weight excluding hydrogens is 269 g/mol. The van der Waals surface area contributed by atoms with Gasteiger partial charge in [0.2, 0.25) is 5.91 Å². The number of nitrogens with one attached hydrogen (secondary N) is 1. The molecule has 0 spiro atoms. The van der Waals surface area contributed by atoms with Crippen molar-refractivity contribution >= 4 is 11.6 Å². The number of halogens is 3. The molecule has 0 radical (unpaired) electrons. The molecule has 0 saturated heterocycles. The van der Waals surface area contributed by atoms with E-state index in [4.69, 9.17) is 5.73 Å². The minimum Gasteiger partial charge on any atom is -0.330 e. The Bertz CT molecular complexity index is 466. The fourth-order valence-corrected chi connectivity index (χ4v) is 1.83. The van der Waals surface area contributed by atoms with Gasteiger partial charge in [-0.1, -0.05) is 13.8 Å². The molecule has 3 nitrogen and oxygen atoms in total. The lowest BCUT2D eigenvalue weighted by Crippen LogP contribution is -2.21. The van der Waals surface area contributed by atoms with Crippen LogP contribution in [0.5, 0.6) is 0 Å². The van der Waals surface area contributed by atoms with Crippen LogP contribution in [0.3, 0.4) is 0 Å². The van der Waals surface area contributed by atoms with Crippen molar-refractivity contribution in [2.75, 3.05) is 11.9 Å². The number of hydrogen-bond acceptors (Lipinski definition) is 2. The first-order valence-corrected chi connectivity index (χ1v) is 6.39. The van der Waals surface area contributed by atoms with Crippen LogP contribution in [0.1, 0.15) is 33.1 Å². The van der Waals surface area contributed by atoms with Gasteiger partial charge in [0, 0.05) is 18.6 Å². The Morgan fingerprint density at radius 2 is 1.75 bits per heavy atom. The molecule has 0 aliphatic carbocycles. The molecule has 0 aromatic heterocycles. The zero-order valence-corrected chi connectivity index (χ0v) is 11.6. The molecule has 0 fully saturated rings. The molecule has 3 N–H and O–H groups in total. The summed E-state index contributed by atoms with van der Waals surface area (Å²) in [6.45, 7) is 4.44. The van der Waals surface area contributed by atoms with Crippen molar-refractivity contribution in [1.29, 1.82) is 0 Å². The molecule has 112 valence electrons. The maximum absolute atomic E-state index is 13.4. The Hall–Kier alpha value is -1.56. The van der Waals surface area contributed by atoms with Gasteiger partial charge in [0.05, 0.1) is 0 Å². The highest BCUT2D eigenvalue weighted by atomic mass is 19.1. The molecular formula is C14H19F3N2O. The van der Waals surface area contributed by atoms with Crippen molar-refractivity contribution in [3.8, 4) is 0 Å². The van der Waals surface area contributed by atoms with Crippen molar-refractivity contribution in [2.24, 2.45) is 11.1 Å². The van der Waals surface area contributed by atoms with Crippen molar-refractivity contribution in [2.45, 2.75) is 33.1 Å². The Morgan fingerprint density at radius 1 is 1.20 bits per heavy atom. The summed E-state index contributed by atoms with van der Waals surface area (Å²) in [5, 5.41) is 2.13. The highest BCUT2D eigenvalue weighted by Gasteiger charge is 2.20. The number of carbonyl (C=O) groups excluding carboxylic acids is 1. The summed E-state index contributed by atoms with van der Waals surface area (Å²) in [4.78, 5) is 11.7. The van der Waals surface area contributed by atoms with Crippen molar-refractivity contribution < 1.29 is 18.0 Å². The average Bonchev–Trinajstić information content (AvgIpc) is 2.31. The van der Waals surface area contributed by atoms with Gasteiger partial charge < -0.3 is 11.1 Å². The third-order valence-electron chi connectivity index (χ3n) is 3.12. The largest absolute Gasteiger partial charge is 0.330 e. The van der Waals surface area contributed by atoms with Gasteiger partial charge in [0.25, 0.3) is 0 Å². The van der Waals surface area contributed by atoms with E-state index in [0.29, 0.717) is 25.1 Å². The second kappa shape index (κ2) is 6.74. The molecule has 0 bridgehead atoms. The maximum atomic E-state index is 13.4. The monoisotopic (exact) mass is 288 g/mol. The predicted octanol–water partition coefficient (Wildman–Crippen LogP) is 3.20. The standard InChI is InChI=1S/C14H19F3N2O/c1-14(2,5-6-18)4-3-12(20)19-13-10(16)7-9(15)8-11(13)17/h7-8H,3-6,18H2,1-2H3,(H,19,20). The zero-order chi connectivity index (χ0) is 15.3. The molecule has 0 unspecified atom stereocenters. The lowest BCUT2D eigenvalue weighted by Gasteiger charge is -2.23. The molecule has 1 aromatic rings. The second-order valence-electron chi connectivity index (χ2n) is 5.50. The SMILES string of the molecule is CC(C)(CCN)CCC(=O)Nc1c(F)cc(F)cc1F. The van der Waals surface area contributed by atoms with Crippen LogP contribution in [0.2, 0.25) is 0 Å². The Labute approximate surface area is 116 Å². The van der Waals surface area contributed by atoms with E-state index in [2.05, 4.69) is 5.32 Å². The number of hydrogen-bond donors (Lipinski definition) is 2. The number of benzene rings is 1. The quantitative estimate of drug-likeness (QED) is 0.844. The van der Waals surface area contributed by atoms with Crippen LogP contribution in [0.15, 0.2) is 12.1 Å². The smallest absolute Gasteiger partial charge is 0.224 e. The molecule has 1 aromatic carbocycles. The first kappa shape index (κ1) is 16.5. The minimum atomic E-state index is -1.13. The third kappa shape index (κ3) is 4.85. The Kier molecular flexibility index (Phi) is 5.56. The van der Waals surface area contributed by atoms with Crippen LogP contribution in [-0.2, 0) is 4.79 Å². The van der Waals surface area contributed by atoms with Gasteiger partial charge >= 0.3 is 0 Å². The summed E-state index contributed by atoms with van der Waals surface area (Å²) in [6.07, 6.45) is 1.41. The third-order valence-corrected chi connectivity index (χ3v) is 3.12. The van der Waals surface area contributed by atoms with E-state index in [0.717, 1.165) is 6.42 Å². The highest BCUT2D eigenvalue weighted by molar-refractivity contribution is 5.90. The van der Waals surface area contributed by atoms with Gasteiger partial charge in [0.15, 0.2) is 11.6 Å². The Morgan fingerprint density at radius 3 is 2.25 bits per heavy atom. The molecule has 6 heteroatoms.